The van der Waals surface area contributed by atoms with Gasteiger partial charge in [-0.3, -0.25) is 0 Å². The molecule has 2 aromatic rings. The molecule has 20 heavy (non-hydrogen) atoms. The maximum atomic E-state index is 11.0. The summed E-state index contributed by atoms with van der Waals surface area (Å²) in [5.74, 6) is -0.921. The topological polar surface area (TPSA) is 52.6 Å². The standard InChI is InChI=1S/C16H18N2O2/c1-11-7-8-12(16(19)20)9-15(11)17-13-5-4-6-14(10-13)18(2)3/h4-10,17H,1-3H3,(H,19,20). The van der Waals surface area contributed by atoms with Crippen LogP contribution in [-0.4, -0.2) is 25.2 Å². The fourth-order valence-corrected chi connectivity index (χ4v) is 1.91. The summed E-state index contributed by atoms with van der Waals surface area (Å²) in [4.78, 5) is 13.0. The van der Waals surface area contributed by atoms with Gasteiger partial charge in [0.25, 0.3) is 0 Å². The Bertz CT molecular complexity index is 636. The van der Waals surface area contributed by atoms with Crippen molar-refractivity contribution >= 4 is 23.0 Å². The number of aryl methyl sites for hydroxylation is 1. The molecule has 0 aliphatic carbocycles. The van der Waals surface area contributed by atoms with E-state index in [0.717, 1.165) is 22.6 Å². The molecule has 0 bridgehead atoms. The van der Waals surface area contributed by atoms with E-state index in [-0.39, 0.29) is 5.56 Å². The number of hydrogen-bond acceptors (Lipinski definition) is 3. The van der Waals surface area contributed by atoms with Crippen LogP contribution in [0, 0.1) is 6.92 Å². The van der Waals surface area contributed by atoms with Gasteiger partial charge < -0.3 is 15.3 Å². The van der Waals surface area contributed by atoms with Crippen molar-refractivity contribution in [2.24, 2.45) is 0 Å². The Morgan fingerprint density at radius 2 is 1.90 bits per heavy atom. The van der Waals surface area contributed by atoms with Crippen LogP contribution in [0.5, 0.6) is 0 Å². The maximum Gasteiger partial charge on any atom is 0.335 e. The van der Waals surface area contributed by atoms with Gasteiger partial charge in [0.15, 0.2) is 0 Å². The summed E-state index contributed by atoms with van der Waals surface area (Å²) >= 11 is 0. The van der Waals surface area contributed by atoms with E-state index in [1.807, 2.05) is 56.3 Å². The largest absolute Gasteiger partial charge is 0.478 e. The van der Waals surface area contributed by atoms with Crippen LogP contribution in [0.2, 0.25) is 0 Å². The molecule has 2 rings (SSSR count). The number of rotatable bonds is 4. The molecule has 0 amide bonds. The molecule has 0 atom stereocenters. The molecule has 0 aliphatic rings. The SMILES string of the molecule is Cc1ccc(C(=O)O)cc1Nc1cccc(N(C)C)c1. The van der Waals surface area contributed by atoms with Gasteiger partial charge in [0.2, 0.25) is 0 Å². The van der Waals surface area contributed by atoms with E-state index < -0.39 is 5.97 Å². The van der Waals surface area contributed by atoms with Crippen LogP contribution in [0.25, 0.3) is 0 Å². The number of carboxylic acid groups (broad SMARTS) is 1. The lowest BCUT2D eigenvalue weighted by molar-refractivity contribution is 0.0697. The molecule has 4 nitrogen and oxygen atoms in total. The van der Waals surface area contributed by atoms with Gasteiger partial charge in [0.1, 0.15) is 0 Å². The van der Waals surface area contributed by atoms with Crippen molar-refractivity contribution in [1.82, 2.24) is 0 Å². The fraction of sp³-hybridized carbons (Fsp3) is 0.188. The smallest absolute Gasteiger partial charge is 0.335 e. The monoisotopic (exact) mass is 270 g/mol. The van der Waals surface area contributed by atoms with Crippen LogP contribution in [0.4, 0.5) is 17.1 Å². The molecule has 0 aliphatic heterocycles. The molecule has 0 fully saturated rings. The highest BCUT2D eigenvalue weighted by molar-refractivity contribution is 5.89. The second-order valence-electron chi connectivity index (χ2n) is 4.90. The zero-order chi connectivity index (χ0) is 14.7. The minimum Gasteiger partial charge on any atom is -0.478 e. The first-order valence-electron chi connectivity index (χ1n) is 6.36. The van der Waals surface area contributed by atoms with Crippen LogP contribution in [0.3, 0.4) is 0 Å². The summed E-state index contributed by atoms with van der Waals surface area (Å²) in [6.07, 6.45) is 0. The predicted octanol–water partition coefficient (Wildman–Crippen LogP) is 3.50. The average Bonchev–Trinajstić information content (AvgIpc) is 2.41. The van der Waals surface area contributed by atoms with Gasteiger partial charge in [0, 0.05) is 31.2 Å². The van der Waals surface area contributed by atoms with Crippen molar-refractivity contribution in [2.45, 2.75) is 6.92 Å². The molecule has 0 heterocycles. The Balaban J connectivity index is 2.32. The van der Waals surface area contributed by atoms with Crippen LogP contribution < -0.4 is 10.2 Å². The molecule has 2 N–H and O–H groups in total. The third-order valence-electron chi connectivity index (χ3n) is 3.13. The number of hydrogen-bond donors (Lipinski definition) is 2. The normalized spacial score (nSPS) is 10.2. The van der Waals surface area contributed by atoms with Crippen molar-refractivity contribution in [3.05, 3.63) is 53.6 Å². The van der Waals surface area contributed by atoms with Gasteiger partial charge in [-0.25, -0.2) is 4.79 Å². The fourth-order valence-electron chi connectivity index (χ4n) is 1.91. The van der Waals surface area contributed by atoms with Gasteiger partial charge in [0.05, 0.1) is 5.56 Å². The quantitative estimate of drug-likeness (QED) is 0.892. The van der Waals surface area contributed by atoms with Crippen molar-refractivity contribution in [3.8, 4) is 0 Å². The molecular formula is C16H18N2O2. The lowest BCUT2D eigenvalue weighted by Crippen LogP contribution is -2.08. The van der Waals surface area contributed by atoms with Crippen LogP contribution in [0.15, 0.2) is 42.5 Å². The minimum absolute atomic E-state index is 0.280. The molecule has 0 spiro atoms. The number of anilines is 3. The van der Waals surface area contributed by atoms with Gasteiger partial charge >= 0.3 is 5.97 Å². The van der Waals surface area contributed by atoms with E-state index in [1.165, 1.54) is 0 Å². The van der Waals surface area contributed by atoms with E-state index in [2.05, 4.69) is 5.32 Å². The molecule has 0 saturated heterocycles. The van der Waals surface area contributed by atoms with E-state index in [1.54, 1.807) is 12.1 Å². The van der Waals surface area contributed by atoms with Crippen LogP contribution in [0.1, 0.15) is 15.9 Å². The summed E-state index contributed by atoms with van der Waals surface area (Å²) in [5, 5.41) is 12.3. The molecule has 0 radical (unpaired) electrons. The number of benzene rings is 2. The molecular weight excluding hydrogens is 252 g/mol. The van der Waals surface area contributed by atoms with E-state index >= 15 is 0 Å². The van der Waals surface area contributed by atoms with Gasteiger partial charge in [-0.05, 0) is 42.8 Å². The van der Waals surface area contributed by atoms with E-state index in [0.29, 0.717) is 0 Å². The van der Waals surface area contributed by atoms with Crippen molar-refractivity contribution < 1.29 is 9.90 Å². The first-order chi connectivity index (χ1) is 9.47. The summed E-state index contributed by atoms with van der Waals surface area (Å²) in [5.41, 5.74) is 4.11. The number of carboxylic acids is 1. The van der Waals surface area contributed by atoms with Crippen molar-refractivity contribution in [2.75, 3.05) is 24.3 Å². The number of nitrogens with one attached hydrogen (secondary N) is 1. The molecule has 2 aromatic carbocycles. The van der Waals surface area contributed by atoms with Gasteiger partial charge in [-0.1, -0.05) is 12.1 Å². The lowest BCUT2D eigenvalue weighted by Gasteiger charge is -2.15. The summed E-state index contributed by atoms with van der Waals surface area (Å²) in [7, 11) is 3.96. The highest BCUT2D eigenvalue weighted by Crippen LogP contribution is 2.24. The Morgan fingerprint density at radius 3 is 2.55 bits per heavy atom. The minimum atomic E-state index is -0.921. The molecule has 104 valence electrons. The second kappa shape index (κ2) is 5.65. The highest BCUT2D eigenvalue weighted by Gasteiger charge is 2.07. The first-order valence-corrected chi connectivity index (χ1v) is 6.36. The molecule has 0 saturated carbocycles. The Morgan fingerprint density at radius 1 is 1.15 bits per heavy atom. The zero-order valence-corrected chi connectivity index (χ0v) is 11.8. The summed E-state index contributed by atoms with van der Waals surface area (Å²) < 4.78 is 0. The maximum absolute atomic E-state index is 11.0. The number of carbonyl (C=O) groups is 1. The third kappa shape index (κ3) is 3.09. The van der Waals surface area contributed by atoms with Crippen molar-refractivity contribution in [3.63, 3.8) is 0 Å². The predicted molar refractivity (Wildman–Crippen MR) is 82.2 cm³/mol. The number of nitrogens with zero attached hydrogens (tertiary/aromatic N) is 1. The molecule has 0 unspecified atom stereocenters. The molecule has 4 heteroatoms. The van der Waals surface area contributed by atoms with Gasteiger partial charge in [-0.15, -0.1) is 0 Å². The number of aromatic carboxylic acids is 1. The van der Waals surface area contributed by atoms with E-state index in [9.17, 15) is 4.79 Å². The zero-order valence-electron chi connectivity index (χ0n) is 11.8. The second-order valence-corrected chi connectivity index (χ2v) is 4.90. The third-order valence-corrected chi connectivity index (χ3v) is 3.13. The first kappa shape index (κ1) is 13.9. The van der Waals surface area contributed by atoms with Crippen LogP contribution >= 0.6 is 0 Å². The molecule has 0 aromatic heterocycles. The van der Waals surface area contributed by atoms with Crippen molar-refractivity contribution in [1.29, 1.82) is 0 Å². The summed E-state index contributed by atoms with van der Waals surface area (Å²) in [6.45, 7) is 1.95. The van der Waals surface area contributed by atoms with E-state index in [4.69, 9.17) is 5.11 Å². The Hall–Kier alpha value is -2.49. The highest BCUT2D eigenvalue weighted by atomic mass is 16.4. The Labute approximate surface area is 118 Å². The average molecular weight is 270 g/mol. The van der Waals surface area contributed by atoms with Gasteiger partial charge in [-0.2, -0.15) is 0 Å². The van der Waals surface area contributed by atoms with Crippen LogP contribution in [-0.2, 0) is 0 Å². The lowest BCUT2D eigenvalue weighted by atomic mass is 10.1. The Kier molecular flexibility index (Phi) is 3.94. The summed E-state index contributed by atoms with van der Waals surface area (Å²) in [6, 6.07) is 13.0.